The minimum atomic E-state index is -0.881. The third-order valence-corrected chi connectivity index (χ3v) is 3.41. The highest BCUT2D eigenvalue weighted by molar-refractivity contribution is 6.29. The highest BCUT2D eigenvalue weighted by Gasteiger charge is 2.31. The molecular weight excluding hydrogens is 268 g/mol. The number of carbonyl (C=O) groups is 2. The van der Waals surface area contributed by atoms with Crippen molar-refractivity contribution in [3.63, 3.8) is 0 Å². The fourth-order valence-corrected chi connectivity index (χ4v) is 2.69. The maximum Gasteiger partial charge on any atom is 0.305 e. The fraction of sp³-hybridized carbons (Fsp3) is 0.462. The number of carbonyl (C=O) groups excluding carboxylic acids is 1. The molecule has 0 radical (unpaired) electrons. The summed E-state index contributed by atoms with van der Waals surface area (Å²) in [4.78, 5) is 28.8. The summed E-state index contributed by atoms with van der Waals surface area (Å²) < 4.78 is 0. The predicted octanol–water partition coefficient (Wildman–Crippen LogP) is 2.12. The molecule has 19 heavy (non-hydrogen) atoms. The zero-order chi connectivity index (χ0) is 14.0. The average Bonchev–Trinajstić information content (AvgIpc) is 2.73. The highest BCUT2D eigenvalue weighted by Crippen LogP contribution is 2.23. The summed E-state index contributed by atoms with van der Waals surface area (Å²) in [6.07, 6.45) is 1.56. The molecule has 1 unspecified atom stereocenters. The summed E-state index contributed by atoms with van der Waals surface area (Å²) in [5.74, 6) is -1.05. The van der Waals surface area contributed by atoms with Crippen LogP contribution in [0.15, 0.2) is 12.1 Å². The van der Waals surface area contributed by atoms with Crippen molar-refractivity contribution in [2.75, 3.05) is 6.54 Å². The highest BCUT2D eigenvalue weighted by atomic mass is 35.5. The van der Waals surface area contributed by atoms with Gasteiger partial charge >= 0.3 is 5.97 Å². The van der Waals surface area contributed by atoms with Gasteiger partial charge in [0, 0.05) is 23.8 Å². The van der Waals surface area contributed by atoms with E-state index in [4.69, 9.17) is 16.7 Å². The van der Waals surface area contributed by atoms with Gasteiger partial charge in [0.1, 0.15) is 5.15 Å². The molecule has 1 atom stereocenters. The summed E-state index contributed by atoms with van der Waals surface area (Å²) in [5.41, 5.74) is 1.14. The van der Waals surface area contributed by atoms with Crippen molar-refractivity contribution in [3.8, 4) is 0 Å². The lowest BCUT2D eigenvalue weighted by Crippen LogP contribution is -2.36. The molecule has 1 N–H and O–H groups in total. The average molecular weight is 283 g/mol. The third kappa shape index (κ3) is 3.23. The number of aliphatic carboxylic acids is 1. The molecule has 1 saturated heterocycles. The van der Waals surface area contributed by atoms with Crippen LogP contribution in [0.25, 0.3) is 0 Å². The zero-order valence-electron chi connectivity index (χ0n) is 10.6. The van der Waals surface area contributed by atoms with Crippen LogP contribution in [0.1, 0.15) is 35.3 Å². The van der Waals surface area contributed by atoms with Crippen LogP contribution in [-0.2, 0) is 4.79 Å². The molecule has 0 spiro atoms. The lowest BCUT2D eigenvalue weighted by molar-refractivity contribution is -0.137. The number of pyridine rings is 1. The van der Waals surface area contributed by atoms with Crippen LogP contribution < -0.4 is 0 Å². The second-order valence-corrected chi connectivity index (χ2v) is 5.10. The number of nitrogens with zero attached hydrogens (tertiary/aromatic N) is 2. The molecule has 1 fully saturated rings. The summed E-state index contributed by atoms with van der Waals surface area (Å²) in [6.45, 7) is 2.36. The van der Waals surface area contributed by atoms with Crippen LogP contribution in [-0.4, -0.2) is 39.5 Å². The molecule has 2 heterocycles. The predicted molar refractivity (Wildman–Crippen MR) is 70.3 cm³/mol. The zero-order valence-corrected chi connectivity index (χ0v) is 11.4. The molecule has 1 aromatic heterocycles. The molecule has 102 valence electrons. The van der Waals surface area contributed by atoms with Gasteiger partial charge in [0.15, 0.2) is 0 Å². The number of carboxylic acid groups (broad SMARTS) is 1. The van der Waals surface area contributed by atoms with Crippen LogP contribution in [0.3, 0.4) is 0 Å². The van der Waals surface area contributed by atoms with Crippen molar-refractivity contribution in [3.05, 3.63) is 28.5 Å². The lowest BCUT2D eigenvalue weighted by atomic mass is 10.1. The quantitative estimate of drug-likeness (QED) is 0.862. The summed E-state index contributed by atoms with van der Waals surface area (Å²) in [5, 5.41) is 9.14. The first kappa shape index (κ1) is 13.8. The van der Waals surface area contributed by atoms with E-state index in [9.17, 15) is 9.59 Å². The Morgan fingerprint density at radius 1 is 1.53 bits per heavy atom. The Morgan fingerprint density at radius 2 is 2.26 bits per heavy atom. The van der Waals surface area contributed by atoms with Crippen LogP contribution >= 0.6 is 11.6 Å². The van der Waals surface area contributed by atoms with E-state index < -0.39 is 5.97 Å². The maximum absolute atomic E-state index is 12.4. The van der Waals surface area contributed by atoms with Crippen molar-refractivity contribution < 1.29 is 14.7 Å². The number of rotatable bonds is 3. The molecule has 0 saturated carbocycles. The normalized spacial score (nSPS) is 18.6. The summed E-state index contributed by atoms with van der Waals surface area (Å²) in [7, 11) is 0. The maximum atomic E-state index is 12.4. The van der Waals surface area contributed by atoms with E-state index >= 15 is 0 Å². The Bertz CT molecular complexity index is 498. The number of likely N-dealkylation sites (tertiary alicyclic amines) is 1. The monoisotopic (exact) mass is 282 g/mol. The molecule has 1 amide bonds. The van der Waals surface area contributed by atoms with Crippen molar-refractivity contribution >= 4 is 23.5 Å². The van der Waals surface area contributed by atoms with E-state index in [1.807, 2.05) is 0 Å². The van der Waals surface area contributed by atoms with Gasteiger partial charge in [-0.3, -0.25) is 9.59 Å². The van der Waals surface area contributed by atoms with E-state index in [2.05, 4.69) is 4.98 Å². The van der Waals surface area contributed by atoms with Crippen LogP contribution in [0, 0.1) is 6.92 Å². The molecule has 5 nitrogen and oxygen atoms in total. The third-order valence-electron chi connectivity index (χ3n) is 3.22. The van der Waals surface area contributed by atoms with Crippen LogP contribution in [0.4, 0.5) is 0 Å². The standard InChI is InChI=1S/C13H15ClN2O3/c1-8-5-9(6-11(14)15-8)13(19)16-4-2-3-10(16)7-12(17)18/h5-6,10H,2-4,7H2,1H3,(H,17,18). The van der Waals surface area contributed by atoms with Gasteiger partial charge in [-0.05, 0) is 31.9 Å². The van der Waals surface area contributed by atoms with Gasteiger partial charge in [0.25, 0.3) is 5.91 Å². The number of carboxylic acids is 1. The van der Waals surface area contributed by atoms with E-state index in [1.54, 1.807) is 17.9 Å². The minimum absolute atomic E-state index is 0.0104. The Hall–Kier alpha value is -1.62. The SMILES string of the molecule is Cc1cc(C(=O)N2CCCC2CC(=O)O)cc(Cl)n1. The van der Waals surface area contributed by atoms with Crippen molar-refractivity contribution in [1.82, 2.24) is 9.88 Å². The Morgan fingerprint density at radius 3 is 2.89 bits per heavy atom. The first-order valence-electron chi connectivity index (χ1n) is 6.14. The van der Waals surface area contributed by atoms with Crippen molar-refractivity contribution in [2.24, 2.45) is 0 Å². The van der Waals surface area contributed by atoms with Gasteiger partial charge in [-0.1, -0.05) is 11.6 Å². The number of hydrogen-bond acceptors (Lipinski definition) is 3. The molecule has 2 rings (SSSR count). The molecule has 6 heteroatoms. The molecule has 0 aromatic carbocycles. The number of aromatic nitrogens is 1. The topological polar surface area (TPSA) is 70.5 Å². The van der Waals surface area contributed by atoms with E-state index in [1.165, 1.54) is 6.07 Å². The number of hydrogen-bond donors (Lipinski definition) is 1. The van der Waals surface area contributed by atoms with E-state index in [0.29, 0.717) is 17.8 Å². The van der Waals surface area contributed by atoms with Gasteiger partial charge in [-0.25, -0.2) is 4.98 Å². The first-order valence-corrected chi connectivity index (χ1v) is 6.52. The molecule has 1 aromatic rings. The van der Waals surface area contributed by atoms with Crippen LogP contribution in [0.2, 0.25) is 5.15 Å². The second-order valence-electron chi connectivity index (χ2n) is 4.71. The largest absolute Gasteiger partial charge is 0.481 e. The minimum Gasteiger partial charge on any atom is -0.481 e. The smallest absolute Gasteiger partial charge is 0.305 e. The molecule has 0 aliphatic carbocycles. The second kappa shape index (κ2) is 5.57. The number of amides is 1. The number of aryl methyl sites for hydroxylation is 1. The Kier molecular flexibility index (Phi) is 4.04. The van der Waals surface area contributed by atoms with Gasteiger partial charge in [-0.15, -0.1) is 0 Å². The fourth-order valence-electron chi connectivity index (χ4n) is 2.43. The van der Waals surface area contributed by atoms with Crippen molar-refractivity contribution in [1.29, 1.82) is 0 Å². The Labute approximate surface area is 116 Å². The van der Waals surface area contributed by atoms with Gasteiger partial charge < -0.3 is 10.0 Å². The lowest BCUT2D eigenvalue weighted by Gasteiger charge is -2.23. The van der Waals surface area contributed by atoms with Gasteiger partial charge in [-0.2, -0.15) is 0 Å². The summed E-state index contributed by atoms with van der Waals surface area (Å²) in [6, 6.07) is 2.97. The first-order chi connectivity index (χ1) is 8.97. The molecule has 0 bridgehead atoms. The number of halogens is 1. The molecule has 1 aliphatic heterocycles. The van der Waals surface area contributed by atoms with Gasteiger partial charge in [0.05, 0.1) is 6.42 Å². The van der Waals surface area contributed by atoms with E-state index in [-0.39, 0.29) is 23.5 Å². The Balaban J connectivity index is 2.20. The van der Waals surface area contributed by atoms with E-state index in [0.717, 1.165) is 12.8 Å². The molecule has 1 aliphatic rings. The summed E-state index contributed by atoms with van der Waals surface area (Å²) >= 11 is 5.85. The van der Waals surface area contributed by atoms with Gasteiger partial charge in [0.2, 0.25) is 0 Å². The van der Waals surface area contributed by atoms with Crippen LogP contribution in [0.5, 0.6) is 0 Å². The molecular formula is C13H15ClN2O3. The van der Waals surface area contributed by atoms with Crippen molar-refractivity contribution in [2.45, 2.75) is 32.2 Å².